The van der Waals surface area contributed by atoms with Gasteiger partial charge in [-0.15, -0.1) is 0 Å². The fourth-order valence-corrected chi connectivity index (χ4v) is 8.08. The van der Waals surface area contributed by atoms with Crippen molar-refractivity contribution in [2.45, 2.75) is 128 Å². The topological polar surface area (TPSA) is 427 Å². The first-order valence-electron chi connectivity index (χ1n) is 23.9. The number of ketones is 3. The molecule has 3 unspecified atom stereocenters. The van der Waals surface area contributed by atoms with E-state index in [1.54, 1.807) is 0 Å². The van der Waals surface area contributed by atoms with E-state index in [-0.39, 0.29) is 133 Å². The molecule has 414 valence electrons. The molecule has 0 rings (SSSR count). The smallest absolute Gasteiger partial charge is 0.407 e. The predicted molar refractivity (Wildman–Crippen MR) is 254 cm³/mol. The van der Waals surface area contributed by atoms with Crippen molar-refractivity contribution in [2.75, 3.05) is 72.2 Å². The summed E-state index contributed by atoms with van der Waals surface area (Å²) in [6, 6.07) is 0. The number of aliphatic hydroxyl groups excluding tert-OH is 1. The second-order valence-electron chi connectivity index (χ2n) is 16.9. The Hall–Kier alpha value is -4.60. The molecule has 0 radical (unpaired) electrons. The van der Waals surface area contributed by atoms with Crippen molar-refractivity contribution in [3.05, 3.63) is 12.0 Å². The van der Waals surface area contributed by atoms with Gasteiger partial charge >= 0.3 is 25.9 Å². The number of carboxylic acids is 3. The van der Waals surface area contributed by atoms with Crippen molar-refractivity contribution in [1.29, 1.82) is 0 Å². The number of amides is 3. The summed E-state index contributed by atoms with van der Waals surface area (Å²) in [5, 5.41) is 52.3. The van der Waals surface area contributed by atoms with Crippen molar-refractivity contribution < 1.29 is 107 Å². The lowest BCUT2D eigenvalue weighted by atomic mass is 9.94. The number of Topliss-reactive ketones (excluding diaryl/α,β-unsaturated/α-hetero) is 3. The Labute approximate surface area is 419 Å². The third-order valence-electron chi connectivity index (χ3n) is 10.7. The molecule has 0 fully saturated rings. The van der Waals surface area contributed by atoms with Gasteiger partial charge in [0.15, 0.2) is 6.16 Å². The lowest BCUT2D eigenvalue weighted by molar-refractivity contribution is -0.188. The highest BCUT2D eigenvalue weighted by Gasteiger charge is 2.42. The minimum Gasteiger partial charge on any atom is -0.481 e. The lowest BCUT2D eigenvalue weighted by Gasteiger charge is -2.17. The highest BCUT2D eigenvalue weighted by atomic mass is 31.2. The summed E-state index contributed by atoms with van der Waals surface area (Å²) >= 11 is 0. The number of ether oxygens (including phenoxy) is 4. The largest absolute Gasteiger partial charge is 0.481 e. The Bertz CT molecular complexity index is 1670. The highest BCUT2D eigenvalue weighted by molar-refractivity contribution is 7.59. The van der Waals surface area contributed by atoms with E-state index in [4.69, 9.17) is 45.3 Å². The van der Waals surface area contributed by atoms with Gasteiger partial charge in [0.1, 0.15) is 29.8 Å². The molecule has 0 aliphatic rings. The second kappa shape index (κ2) is 41.8. The molecule has 0 heterocycles. The molecule has 0 aromatic carbocycles. The van der Waals surface area contributed by atoms with Gasteiger partial charge in [0.25, 0.3) is 0 Å². The number of hydrogen-bond acceptors (Lipinski definition) is 20. The number of nitrogens with two attached hydrogens (primary N) is 2. The average molecular weight is 1060 g/mol. The quantitative estimate of drug-likeness (QED) is 0.0102. The first-order chi connectivity index (χ1) is 34.1. The molecule has 0 spiro atoms. The van der Waals surface area contributed by atoms with E-state index in [2.05, 4.69) is 15.5 Å². The van der Waals surface area contributed by atoms with Crippen LogP contribution in [-0.2, 0) is 71.5 Å². The van der Waals surface area contributed by atoms with Gasteiger partial charge in [-0.05, 0) is 64.3 Å². The van der Waals surface area contributed by atoms with Crippen molar-refractivity contribution in [1.82, 2.24) is 10.6 Å². The van der Waals surface area contributed by atoms with Crippen molar-refractivity contribution in [2.24, 2.45) is 29.2 Å². The molecule has 27 heteroatoms. The molecule has 0 aliphatic carbocycles. The van der Waals surface area contributed by atoms with Gasteiger partial charge in [-0.25, -0.2) is 5.26 Å². The maximum atomic E-state index is 12.6. The van der Waals surface area contributed by atoms with Crippen LogP contribution in [0.25, 0.3) is 0 Å². The fourth-order valence-electron chi connectivity index (χ4n) is 6.64. The van der Waals surface area contributed by atoms with Gasteiger partial charge < -0.3 is 61.0 Å². The first-order valence-corrected chi connectivity index (χ1v) is 25.7. The minimum absolute atomic E-state index is 0.0158. The Morgan fingerprint density at radius 3 is 1.68 bits per heavy atom. The van der Waals surface area contributed by atoms with Crippen LogP contribution < -0.4 is 22.1 Å². The zero-order valence-corrected chi connectivity index (χ0v) is 41.9. The Morgan fingerprint density at radius 1 is 0.542 bits per heavy atom. The number of allylic oxidation sites excluding steroid dienone is 1. The summed E-state index contributed by atoms with van der Waals surface area (Å²) in [7, 11) is -4.19. The van der Waals surface area contributed by atoms with Crippen LogP contribution in [0.1, 0.15) is 122 Å². The van der Waals surface area contributed by atoms with E-state index in [0.717, 1.165) is 6.26 Å². The number of aliphatic carboxylic acids is 3. The van der Waals surface area contributed by atoms with E-state index in [9.17, 15) is 68.3 Å². The molecule has 13 N–H and O–H groups in total. The normalized spacial score (nSPS) is 13.4. The molecule has 0 saturated heterocycles. The number of carboxylic acid groups (broad SMARTS) is 3. The van der Waals surface area contributed by atoms with E-state index >= 15 is 0 Å². The van der Waals surface area contributed by atoms with Crippen molar-refractivity contribution in [3.63, 3.8) is 0 Å². The van der Waals surface area contributed by atoms with Gasteiger partial charge in [0, 0.05) is 70.3 Å². The highest BCUT2D eigenvalue weighted by Crippen LogP contribution is 2.53. The second-order valence-corrected chi connectivity index (χ2v) is 18.8. The number of carbonyl (C=O) groups is 9. The third kappa shape index (κ3) is 39.9. The number of unbranched alkanes of at least 4 members (excludes halogenated alkanes) is 2. The van der Waals surface area contributed by atoms with Crippen LogP contribution in [0.5, 0.6) is 0 Å². The number of rotatable bonds is 51. The molecule has 0 aliphatic heterocycles. The van der Waals surface area contributed by atoms with Crippen molar-refractivity contribution in [3.8, 4) is 0 Å². The lowest BCUT2D eigenvalue weighted by Crippen LogP contribution is -2.32. The fraction of sp³-hybridized carbons (Fsp3) is 0.756. The maximum Gasteiger partial charge on any atom is 0.407 e. The Kier molecular flexibility index (Phi) is 39.2. The molecule has 3 amide bonds. The van der Waals surface area contributed by atoms with Crippen LogP contribution >= 0.6 is 7.94 Å². The van der Waals surface area contributed by atoms with Crippen LogP contribution in [0.15, 0.2) is 12.0 Å². The molecule has 4 atom stereocenters. The molecule has 72 heavy (non-hydrogen) atoms. The zero-order chi connectivity index (χ0) is 54.2. The van der Waals surface area contributed by atoms with E-state index < -0.39 is 80.1 Å². The van der Waals surface area contributed by atoms with Crippen molar-refractivity contribution >= 4 is 60.9 Å². The number of primary amides is 2. The van der Waals surface area contributed by atoms with E-state index in [0.29, 0.717) is 71.7 Å². The molecule has 0 saturated carbocycles. The standard InChI is InChI=1S/C45H77N4O22P/c46-39(53)13-12-36(50)8-5-19-66-22-24-68-26-27-69-25-23-67-21-17-38(52)28-32(43(47)58)9-14-40(54)48-18-3-1-2-7-37(51)29-33(44(59)60)10-15-41(55)49-35(30-70-63)6-4-20-71-72(64,65)31-34(45(61)62)11-16-42(56)57/h30,32-34,40,48,54,64-65H,1-29,31H2,(H8-,46,47,49,53,55,56,57,58,59,60,61,62,63)/p+1/b35-30-/t32?,33-,34?,40?/m1/s1. The first kappa shape index (κ1) is 67.4. The van der Waals surface area contributed by atoms with Gasteiger partial charge in [0.05, 0.1) is 70.4 Å². The Morgan fingerprint density at radius 2 is 1.10 bits per heavy atom. The number of carbonyl (C=O) groups excluding carboxylic acids is 6. The van der Waals surface area contributed by atoms with Crippen LogP contribution in [0.4, 0.5) is 0 Å². The molecule has 26 nitrogen and oxygen atoms in total. The molecular formula is C45H78N4O22P+. The molecule has 0 aromatic rings. The van der Waals surface area contributed by atoms with Gasteiger partial charge in [-0.3, -0.25) is 48.5 Å². The molecular weight excluding hydrogens is 979 g/mol. The summed E-state index contributed by atoms with van der Waals surface area (Å²) in [4.78, 5) is 130. The monoisotopic (exact) mass is 1060 g/mol. The number of nitrogens with one attached hydrogen (secondary N) is 2. The number of hydrogen-bond donors (Lipinski definition) is 11. The summed E-state index contributed by atoms with van der Waals surface area (Å²) < 4.78 is 26.7. The van der Waals surface area contributed by atoms with Gasteiger partial charge in [-0.2, -0.15) is 14.3 Å². The SMILES string of the molecule is NC(=O)CCC(=O)CCCOCCOCCOCCOCCC(=O)CC(CCC(O)NCCCCCC(=O)C[C@@H](CCC(=O)N/C(=C\OO)CCCO[P+](O)(O)CC(CCC(=O)O)C(=O)O)C(=O)O)C(N)=O. The average Bonchev–Trinajstić information content (AvgIpc) is 3.30. The van der Waals surface area contributed by atoms with Crippen LogP contribution in [-0.4, -0.2) is 167 Å². The number of aliphatic hydroxyl groups is 1. The summed E-state index contributed by atoms with van der Waals surface area (Å²) in [6.07, 6.45) is 0.429. The minimum atomic E-state index is -4.19. The summed E-state index contributed by atoms with van der Waals surface area (Å²) in [5.74, 6) is -9.65. The zero-order valence-electron chi connectivity index (χ0n) is 41.0. The van der Waals surface area contributed by atoms with Gasteiger partial charge in [-0.1, -0.05) is 6.42 Å². The maximum absolute atomic E-state index is 12.6. The van der Waals surface area contributed by atoms with E-state index in [1.165, 1.54) is 0 Å². The summed E-state index contributed by atoms with van der Waals surface area (Å²) in [5.41, 5.74) is 10.5. The van der Waals surface area contributed by atoms with Crippen LogP contribution in [0.2, 0.25) is 0 Å². The van der Waals surface area contributed by atoms with Crippen LogP contribution in [0, 0.1) is 17.8 Å². The van der Waals surface area contributed by atoms with Gasteiger partial charge in [0.2, 0.25) is 17.7 Å². The Balaban J connectivity index is 4.25. The predicted octanol–water partition coefficient (Wildman–Crippen LogP) is 1.36. The third-order valence-corrected chi connectivity index (χ3v) is 12.2. The molecule has 0 bridgehead atoms. The summed E-state index contributed by atoms with van der Waals surface area (Å²) in [6.45, 7) is 2.49. The van der Waals surface area contributed by atoms with E-state index in [1.807, 2.05) is 0 Å². The molecule has 0 aromatic heterocycles. The van der Waals surface area contributed by atoms with Crippen LogP contribution in [0.3, 0.4) is 0 Å².